The van der Waals surface area contributed by atoms with E-state index < -0.39 is 17.4 Å². The van der Waals surface area contributed by atoms with E-state index in [0.29, 0.717) is 62.5 Å². The van der Waals surface area contributed by atoms with Gasteiger partial charge in [-0.15, -0.1) is 0 Å². The number of fused-ring (bicyclic) bond motifs is 1. The van der Waals surface area contributed by atoms with Crippen molar-refractivity contribution in [2.45, 2.75) is 18.9 Å². The first-order chi connectivity index (χ1) is 19.1. The van der Waals surface area contributed by atoms with Crippen molar-refractivity contribution in [3.63, 3.8) is 0 Å². The van der Waals surface area contributed by atoms with Crippen LogP contribution in [0.1, 0.15) is 12.8 Å². The third-order valence-corrected chi connectivity index (χ3v) is 8.93. The number of hydrogen-bond acceptors (Lipinski definition) is 7. The number of phenols is 1. The number of halogens is 3. The Bertz CT molecular complexity index is 1490. The van der Waals surface area contributed by atoms with Gasteiger partial charge >= 0.3 is 0 Å². The first-order valence-electron chi connectivity index (χ1n) is 13.4. The summed E-state index contributed by atoms with van der Waals surface area (Å²) in [5.41, 5.74) is -0.430. The summed E-state index contributed by atoms with van der Waals surface area (Å²) in [6, 6.07) is 5.70. The number of carbonyl (C=O) groups is 1. The maximum absolute atomic E-state index is 16.3. The van der Waals surface area contributed by atoms with Gasteiger partial charge in [-0.25, -0.2) is 13.8 Å². The fourth-order valence-corrected chi connectivity index (χ4v) is 6.33. The molecule has 2 aromatic carbocycles. The Labute approximate surface area is 236 Å². The van der Waals surface area contributed by atoms with E-state index in [-0.39, 0.29) is 33.0 Å². The topological polar surface area (TPSA) is 76.0 Å². The van der Waals surface area contributed by atoms with Gasteiger partial charge < -0.3 is 24.7 Å². The predicted octanol–water partition coefficient (Wildman–Crippen LogP) is 4.30. The highest BCUT2D eigenvalue weighted by Crippen LogP contribution is 2.45. The minimum atomic E-state index is -0.802. The van der Waals surface area contributed by atoms with Gasteiger partial charge in [0, 0.05) is 61.7 Å². The van der Waals surface area contributed by atoms with Crippen molar-refractivity contribution >= 4 is 40.2 Å². The van der Waals surface area contributed by atoms with Crippen LogP contribution in [0.25, 0.3) is 22.0 Å². The molecule has 0 atom stereocenters. The average Bonchev–Trinajstić information content (AvgIpc) is 2.87. The van der Waals surface area contributed by atoms with Crippen molar-refractivity contribution in [2.75, 3.05) is 63.2 Å². The fourth-order valence-electron chi connectivity index (χ4n) is 6.04. The maximum atomic E-state index is 16.3. The van der Waals surface area contributed by atoms with Gasteiger partial charge in [0.2, 0.25) is 11.9 Å². The zero-order valence-electron chi connectivity index (χ0n) is 22.5. The number of benzene rings is 2. The summed E-state index contributed by atoms with van der Waals surface area (Å²) < 4.78 is 31.1. The van der Waals surface area contributed by atoms with E-state index in [1.54, 1.807) is 11.0 Å². The molecule has 0 radical (unpaired) electrons. The lowest BCUT2D eigenvalue weighted by Crippen LogP contribution is -2.61. The lowest BCUT2D eigenvalue weighted by atomic mass is 9.72. The second-order valence-electron chi connectivity index (χ2n) is 11.3. The molecule has 8 nitrogen and oxygen atoms in total. The van der Waals surface area contributed by atoms with Crippen molar-refractivity contribution in [1.82, 2.24) is 19.8 Å². The molecule has 6 rings (SSSR count). The van der Waals surface area contributed by atoms with E-state index >= 15 is 4.39 Å². The van der Waals surface area contributed by atoms with Gasteiger partial charge in [-0.2, -0.15) is 4.98 Å². The van der Waals surface area contributed by atoms with Crippen LogP contribution >= 0.6 is 11.6 Å². The van der Waals surface area contributed by atoms with Crippen LogP contribution < -0.4 is 9.80 Å². The quantitative estimate of drug-likeness (QED) is 0.460. The number of aromatic nitrogens is 2. The molecule has 3 aromatic rings. The summed E-state index contributed by atoms with van der Waals surface area (Å²) >= 11 is 6.58. The van der Waals surface area contributed by atoms with Crippen molar-refractivity contribution in [3.8, 4) is 16.9 Å². The van der Waals surface area contributed by atoms with E-state index in [2.05, 4.69) is 21.4 Å². The van der Waals surface area contributed by atoms with Crippen molar-refractivity contribution in [2.24, 2.45) is 5.41 Å². The van der Waals surface area contributed by atoms with Crippen LogP contribution in [0.2, 0.25) is 5.02 Å². The summed E-state index contributed by atoms with van der Waals surface area (Å²) in [5, 5.41) is 10.8. The Morgan fingerprint density at radius 3 is 2.48 bits per heavy atom. The molecule has 1 spiro atoms. The minimum Gasteiger partial charge on any atom is -0.507 e. The highest BCUT2D eigenvalue weighted by atomic mass is 35.5. The van der Waals surface area contributed by atoms with Gasteiger partial charge in [-0.1, -0.05) is 24.2 Å². The summed E-state index contributed by atoms with van der Waals surface area (Å²) in [7, 11) is 4.02. The van der Waals surface area contributed by atoms with Crippen molar-refractivity contribution in [1.29, 1.82) is 0 Å². The number of likely N-dealkylation sites (N-methyl/N-ethyl adjacent to an activating group) is 1. The van der Waals surface area contributed by atoms with Crippen LogP contribution in [0.4, 0.5) is 20.5 Å². The van der Waals surface area contributed by atoms with Crippen LogP contribution in [0, 0.1) is 17.0 Å². The molecule has 40 heavy (non-hydrogen) atoms. The van der Waals surface area contributed by atoms with Crippen LogP contribution in [0.3, 0.4) is 0 Å². The molecule has 1 N–H and O–H groups in total. The molecule has 11 heteroatoms. The molecule has 0 saturated carbocycles. The molecule has 3 fully saturated rings. The number of rotatable bonds is 5. The van der Waals surface area contributed by atoms with Gasteiger partial charge in [0.15, 0.2) is 5.82 Å². The Morgan fingerprint density at radius 2 is 1.85 bits per heavy atom. The van der Waals surface area contributed by atoms with Gasteiger partial charge in [-0.05, 0) is 51.2 Å². The standard InChI is InChI=1S/C29H31ClF2N6O2/c1-4-22(40)38-15-29(16-38)8-10-36(11-9-29)27-18-12-19(30)23(24-20(31)6-5-7-21(24)39)25(32)26(18)33-28(34-27)37-13-17(14-37)35(2)3/h4-7,12,17,39H,1,8-11,13-16H2,2-3H3. The normalized spacial score (nSPS) is 18.8. The van der Waals surface area contributed by atoms with Gasteiger partial charge in [0.25, 0.3) is 0 Å². The number of anilines is 2. The van der Waals surface area contributed by atoms with E-state index in [9.17, 15) is 14.3 Å². The Balaban J connectivity index is 1.40. The molecule has 1 aromatic heterocycles. The van der Waals surface area contributed by atoms with E-state index in [0.717, 1.165) is 18.9 Å². The van der Waals surface area contributed by atoms with Crippen molar-refractivity contribution in [3.05, 3.63) is 53.6 Å². The largest absolute Gasteiger partial charge is 0.507 e. The fraction of sp³-hybridized carbons (Fsp3) is 0.414. The smallest absolute Gasteiger partial charge is 0.245 e. The number of nitrogens with zero attached hydrogens (tertiary/aromatic N) is 6. The Kier molecular flexibility index (Phi) is 6.58. The van der Waals surface area contributed by atoms with Crippen LogP contribution in [0.5, 0.6) is 5.75 Å². The molecule has 0 bridgehead atoms. The van der Waals surface area contributed by atoms with E-state index in [1.165, 1.54) is 18.2 Å². The SMILES string of the molecule is C=CC(=O)N1CC2(CCN(c3nc(N4CC(N(C)C)C4)nc4c(F)c(-c5c(O)cccc5F)c(Cl)cc34)CC2)C1. The second kappa shape index (κ2) is 9.85. The molecule has 3 aliphatic heterocycles. The lowest BCUT2D eigenvalue weighted by molar-refractivity contribution is -0.139. The lowest BCUT2D eigenvalue weighted by Gasteiger charge is -2.54. The summed E-state index contributed by atoms with van der Waals surface area (Å²) in [6.45, 7) is 7.74. The zero-order chi connectivity index (χ0) is 28.3. The van der Waals surface area contributed by atoms with Crippen molar-refractivity contribution < 1.29 is 18.7 Å². The third-order valence-electron chi connectivity index (χ3n) is 8.63. The van der Waals surface area contributed by atoms with E-state index in [1.807, 2.05) is 19.0 Å². The first-order valence-corrected chi connectivity index (χ1v) is 13.7. The number of hydrogen-bond donors (Lipinski definition) is 1. The molecule has 3 aliphatic rings. The molecular formula is C29H31ClF2N6O2. The maximum Gasteiger partial charge on any atom is 0.245 e. The van der Waals surface area contributed by atoms with Crippen LogP contribution in [-0.4, -0.2) is 90.2 Å². The number of carbonyl (C=O) groups excluding carboxylic acids is 1. The Hall–Kier alpha value is -3.50. The first kappa shape index (κ1) is 26.7. The highest BCUT2D eigenvalue weighted by Gasteiger charge is 2.46. The van der Waals surface area contributed by atoms with Gasteiger partial charge in [0.1, 0.15) is 22.9 Å². The molecule has 1 amide bonds. The summed E-state index contributed by atoms with van der Waals surface area (Å²) in [6.07, 6.45) is 3.07. The molecule has 0 aliphatic carbocycles. The van der Waals surface area contributed by atoms with Gasteiger partial charge in [-0.3, -0.25) is 4.79 Å². The summed E-state index contributed by atoms with van der Waals surface area (Å²) in [4.78, 5) is 29.5. The van der Waals surface area contributed by atoms with Gasteiger partial charge in [0.05, 0.1) is 10.6 Å². The number of piperidine rings is 1. The molecule has 0 unspecified atom stereocenters. The third kappa shape index (κ3) is 4.34. The van der Waals surface area contributed by atoms with Crippen LogP contribution in [0.15, 0.2) is 36.9 Å². The predicted molar refractivity (Wildman–Crippen MR) is 152 cm³/mol. The Morgan fingerprint density at radius 1 is 1.15 bits per heavy atom. The number of likely N-dealkylation sites (tertiary alicyclic amines) is 1. The zero-order valence-corrected chi connectivity index (χ0v) is 23.3. The average molecular weight is 569 g/mol. The molecule has 3 saturated heterocycles. The van der Waals surface area contributed by atoms with Crippen LogP contribution in [-0.2, 0) is 4.79 Å². The highest BCUT2D eigenvalue weighted by molar-refractivity contribution is 6.34. The second-order valence-corrected chi connectivity index (χ2v) is 11.7. The molecular weight excluding hydrogens is 538 g/mol. The monoisotopic (exact) mass is 568 g/mol. The molecule has 4 heterocycles. The number of amides is 1. The number of phenolic OH excluding ortho intramolecular Hbond substituents is 1. The number of aromatic hydroxyl groups is 1. The minimum absolute atomic E-state index is 0.0297. The summed E-state index contributed by atoms with van der Waals surface area (Å²) in [5.74, 6) is -1.06. The molecule has 210 valence electrons. The van der Waals surface area contributed by atoms with E-state index in [4.69, 9.17) is 16.6 Å².